The zero-order valence-electron chi connectivity index (χ0n) is 26.4. The average Bonchev–Trinajstić information content (AvgIpc) is 3.87. The van der Waals surface area contributed by atoms with Gasteiger partial charge in [0.15, 0.2) is 0 Å². The average molecular weight is 626 g/mol. The summed E-state index contributed by atoms with van der Waals surface area (Å²) in [5.41, 5.74) is 10.9. The van der Waals surface area contributed by atoms with Crippen molar-refractivity contribution < 1.29 is 8.83 Å². The van der Waals surface area contributed by atoms with E-state index in [1.807, 2.05) is 12.1 Å². The molecule has 0 amide bonds. The molecule has 3 heteroatoms. The van der Waals surface area contributed by atoms with E-state index in [0.29, 0.717) is 0 Å². The second-order valence-corrected chi connectivity index (χ2v) is 12.8. The van der Waals surface area contributed by atoms with Crippen LogP contribution in [0.3, 0.4) is 0 Å². The normalized spacial score (nSPS) is 12.1. The van der Waals surface area contributed by atoms with Crippen molar-refractivity contribution in [2.75, 3.05) is 0 Å². The first-order valence-corrected chi connectivity index (χ1v) is 16.7. The number of fused-ring (bicyclic) bond motifs is 10. The number of benzene rings is 8. The van der Waals surface area contributed by atoms with Crippen LogP contribution in [0.1, 0.15) is 0 Å². The van der Waals surface area contributed by atoms with Gasteiger partial charge in [0.25, 0.3) is 0 Å². The summed E-state index contributed by atoms with van der Waals surface area (Å²) in [6.07, 6.45) is 1.72. The lowest BCUT2D eigenvalue weighted by molar-refractivity contribution is 0.615. The summed E-state index contributed by atoms with van der Waals surface area (Å²) in [6, 6.07) is 56.8. The van der Waals surface area contributed by atoms with Crippen LogP contribution in [0.2, 0.25) is 0 Å². The van der Waals surface area contributed by atoms with Gasteiger partial charge in [-0.2, -0.15) is 0 Å². The molecular weight excluding hydrogens is 599 g/mol. The molecule has 0 spiro atoms. The van der Waals surface area contributed by atoms with E-state index in [0.717, 1.165) is 44.2 Å². The minimum atomic E-state index is 0.835. The SMILES string of the molecule is c1ccc(-n2c3ccccc3c3ccc(-c4c5ccccc5c(-c5ccc6c(c5)oc5c7ccoc7ccc65)c5ccccc45)cc32)cc1. The number of hydrogen-bond acceptors (Lipinski definition) is 2. The first kappa shape index (κ1) is 26.5. The van der Waals surface area contributed by atoms with Crippen LogP contribution in [0, 0.1) is 0 Å². The van der Waals surface area contributed by atoms with Gasteiger partial charge < -0.3 is 13.4 Å². The summed E-state index contributed by atoms with van der Waals surface area (Å²) in [6.45, 7) is 0. The third-order valence-electron chi connectivity index (χ3n) is 10.3. The second-order valence-electron chi connectivity index (χ2n) is 12.8. The van der Waals surface area contributed by atoms with Crippen LogP contribution in [0.15, 0.2) is 173 Å². The van der Waals surface area contributed by atoms with Gasteiger partial charge in [-0.15, -0.1) is 0 Å². The number of aromatic nitrogens is 1. The Labute approximate surface area is 280 Å². The zero-order chi connectivity index (χ0) is 32.1. The summed E-state index contributed by atoms with van der Waals surface area (Å²) < 4.78 is 14.6. The van der Waals surface area contributed by atoms with Gasteiger partial charge in [-0.3, -0.25) is 0 Å². The van der Waals surface area contributed by atoms with E-state index in [2.05, 4.69) is 150 Å². The number of nitrogens with zero attached hydrogens (tertiary/aromatic N) is 1. The molecule has 0 N–H and O–H groups in total. The molecule has 11 aromatic rings. The Kier molecular flexibility index (Phi) is 5.38. The molecule has 3 aromatic heterocycles. The molecule has 0 unspecified atom stereocenters. The molecule has 0 saturated carbocycles. The largest absolute Gasteiger partial charge is 0.464 e. The maximum absolute atomic E-state index is 6.55. The van der Waals surface area contributed by atoms with Crippen LogP contribution in [0.5, 0.6) is 0 Å². The Morgan fingerprint density at radius 2 is 0.939 bits per heavy atom. The summed E-state index contributed by atoms with van der Waals surface area (Å²) in [7, 11) is 0. The fraction of sp³-hybridized carbons (Fsp3) is 0. The van der Waals surface area contributed by atoms with Crippen LogP contribution in [-0.4, -0.2) is 4.57 Å². The third-order valence-corrected chi connectivity index (χ3v) is 10.3. The van der Waals surface area contributed by atoms with Crippen molar-refractivity contribution in [3.8, 4) is 27.9 Å². The molecular formula is C46H27NO2. The van der Waals surface area contributed by atoms with Gasteiger partial charge in [-0.05, 0) is 98.4 Å². The van der Waals surface area contributed by atoms with Gasteiger partial charge >= 0.3 is 0 Å². The number of furan rings is 2. The van der Waals surface area contributed by atoms with Gasteiger partial charge in [0.05, 0.1) is 22.7 Å². The second kappa shape index (κ2) is 9.96. The Morgan fingerprint density at radius 1 is 0.367 bits per heavy atom. The summed E-state index contributed by atoms with van der Waals surface area (Å²) in [4.78, 5) is 0. The maximum Gasteiger partial charge on any atom is 0.146 e. The minimum Gasteiger partial charge on any atom is -0.464 e. The summed E-state index contributed by atoms with van der Waals surface area (Å²) in [5.74, 6) is 0. The van der Waals surface area contributed by atoms with E-state index in [-0.39, 0.29) is 0 Å². The molecule has 8 aromatic carbocycles. The van der Waals surface area contributed by atoms with Crippen molar-refractivity contribution in [1.82, 2.24) is 4.57 Å². The number of rotatable bonds is 3. The Morgan fingerprint density at radius 3 is 1.65 bits per heavy atom. The molecule has 0 aliphatic carbocycles. The van der Waals surface area contributed by atoms with E-state index in [4.69, 9.17) is 8.83 Å². The standard InChI is InChI=1S/C46H27NO2/c1-2-10-30(11-3-1)47-40-17-9-8-12-31(40)32-20-18-28(26-41(32)47)44-34-13-4-6-15-36(34)45(37-16-7-5-14-35(37)44)29-19-21-33-38-22-23-42-39(24-25-48-42)46(38)49-43(33)27-29/h1-27H. The van der Waals surface area contributed by atoms with Crippen molar-refractivity contribution in [1.29, 1.82) is 0 Å². The third kappa shape index (κ3) is 3.73. The molecule has 49 heavy (non-hydrogen) atoms. The molecule has 3 heterocycles. The quantitative estimate of drug-likeness (QED) is 0.183. The zero-order valence-corrected chi connectivity index (χ0v) is 26.4. The molecule has 11 rings (SSSR count). The first-order chi connectivity index (χ1) is 24.3. The highest BCUT2D eigenvalue weighted by Gasteiger charge is 2.20. The van der Waals surface area contributed by atoms with Crippen molar-refractivity contribution in [3.63, 3.8) is 0 Å². The van der Waals surface area contributed by atoms with Crippen LogP contribution < -0.4 is 0 Å². The van der Waals surface area contributed by atoms with E-state index < -0.39 is 0 Å². The molecule has 0 atom stereocenters. The van der Waals surface area contributed by atoms with Crippen molar-refractivity contribution >= 4 is 76.3 Å². The van der Waals surface area contributed by atoms with E-state index in [1.165, 1.54) is 60.0 Å². The lowest BCUT2D eigenvalue weighted by Crippen LogP contribution is -1.94. The lowest BCUT2D eigenvalue weighted by Gasteiger charge is -2.18. The number of para-hydroxylation sites is 2. The molecule has 3 nitrogen and oxygen atoms in total. The topological polar surface area (TPSA) is 31.2 Å². The Balaban J connectivity index is 1.19. The van der Waals surface area contributed by atoms with Crippen molar-refractivity contribution in [2.45, 2.75) is 0 Å². The smallest absolute Gasteiger partial charge is 0.146 e. The van der Waals surface area contributed by atoms with Crippen LogP contribution >= 0.6 is 0 Å². The minimum absolute atomic E-state index is 0.835. The highest BCUT2D eigenvalue weighted by Crippen LogP contribution is 2.46. The maximum atomic E-state index is 6.55. The summed E-state index contributed by atoms with van der Waals surface area (Å²) >= 11 is 0. The van der Waals surface area contributed by atoms with E-state index >= 15 is 0 Å². The van der Waals surface area contributed by atoms with Crippen LogP contribution in [0.25, 0.3) is 104 Å². The monoisotopic (exact) mass is 625 g/mol. The molecule has 0 saturated heterocycles. The van der Waals surface area contributed by atoms with Crippen molar-refractivity contribution in [3.05, 3.63) is 164 Å². The predicted octanol–water partition coefficient (Wildman–Crippen LogP) is 13.1. The van der Waals surface area contributed by atoms with Gasteiger partial charge in [-0.25, -0.2) is 0 Å². The first-order valence-electron chi connectivity index (χ1n) is 16.7. The van der Waals surface area contributed by atoms with Crippen LogP contribution in [0.4, 0.5) is 0 Å². The fourth-order valence-electron chi connectivity index (χ4n) is 8.17. The molecule has 0 bridgehead atoms. The molecule has 228 valence electrons. The molecule has 0 aliphatic heterocycles. The predicted molar refractivity (Wildman–Crippen MR) is 204 cm³/mol. The van der Waals surface area contributed by atoms with Gasteiger partial charge in [0, 0.05) is 27.2 Å². The van der Waals surface area contributed by atoms with Gasteiger partial charge in [0.1, 0.15) is 16.7 Å². The molecule has 0 aliphatic rings. The molecule has 0 fully saturated rings. The Bertz CT molecular complexity index is 3050. The summed E-state index contributed by atoms with van der Waals surface area (Å²) in [5, 5.41) is 10.6. The lowest BCUT2D eigenvalue weighted by atomic mass is 9.85. The van der Waals surface area contributed by atoms with Crippen molar-refractivity contribution in [2.24, 2.45) is 0 Å². The highest BCUT2D eigenvalue weighted by atomic mass is 16.3. The van der Waals surface area contributed by atoms with Gasteiger partial charge in [-0.1, -0.05) is 103 Å². The number of hydrogen-bond donors (Lipinski definition) is 0. The Hall–Kier alpha value is -6.58. The fourth-order valence-corrected chi connectivity index (χ4v) is 8.17. The van der Waals surface area contributed by atoms with Crippen LogP contribution in [-0.2, 0) is 0 Å². The molecule has 0 radical (unpaired) electrons. The highest BCUT2D eigenvalue weighted by molar-refractivity contribution is 6.23. The van der Waals surface area contributed by atoms with E-state index in [1.54, 1.807) is 6.26 Å². The van der Waals surface area contributed by atoms with E-state index in [9.17, 15) is 0 Å². The van der Waals surface area contributed by atoms with Gasteiger partial charge in [0.2, 0.25) is 0 Å².